The van der Waals surface area contributed by atoms with Gasteiger partial charge < -0.3 is 14.9 Å². The van der Waals surface area contributed by atoms with E-state index in [0.717, 1.165) is 31.2 Å². The third-order valence-electron chi connectivity index (χ3n) is 3.51. The molecule has 2 heterocycles. The summed E-state index contributed by atoms with van der Waals surface area (Å²) in [5, 5.41) is 0. The van der Waals surface area contributed by atoms with E-state index < -0.39 is 0 Å². The quantitative estimate of drug-likeness (QED) is 0.869. The van der Waals surface area contributed by atoms with Crippen molar-refractivity contribution >= 4 is 0 Å². The van der Waals surface area contributed by atoms with Crippen LogP contribution < -0.4 is 5.73 Å². The van der Waals surface area contributed by atoms with E-state index in [1.807, 2.05) is 13.8 Å². The molecule has 4 nitrogen and oxygen atoms in total. The Labute approximate surface area is 103 Å². The van der Waals surface area contributed by atoms with Crippen molar-refractivity contribution in [1.82, 2.24) is 4.90 Å². The van der Waals surface area contributed by atoms with Gasteiger partial charge in [0.25, 0.3) is 0 Å². The summed E-state index contributed by atoms with van der Waals surface area (Å²) in [4.78, 5) is 2.42. The van der Waals surface area contributed by atoms with E-state index in [2.05, 4.69) is 17.9 Å². The minimum absolute atomic E-state index is 0.166. The molecule has 1 aromatic rings. The Balaban J connectivity index is 2.08. The first-order valence-electron chi connectivity index (χ1n) is 6.24. The van der Waals surface area contributed by atoms with Crippen LogP contribution >= 0.6 is 0 Å². The maximum atomic E-state index is 5.67. The first-order valence-corrected chi connectivity index (χ1v) is 6.24. The molecule has 2 rings (SSSR count). The average Bonchev–Trinajstić information content (AvgIpc) is 2.67. The molecule has 2 atom stereocenters. The predicted molar refractivity (Wildman–Crippen MR) is 67.0 cm³/mol. The zero-order chi connectivity index (χ0) is 12.4. The molecule has 17 heavy (non-hydrogen) atoms. The molecule has 4 heteroatoms. The van der Waals surface area contributed by atoms with Crippen molar-refractivity contribution < 1.29 is 9.15 Å². The van der Waals surface area contributed by atoms with Crippen molar-refractivity contribution in [2.45, 2.75) is 32.9 Å². The summed E-state index contributed by atoms with van der Waals surface area (Å²) in [6.45, 7) is 9.46. The SMILES string of the molecule is Cc1cc(C(C)N2CCOC(CN)C2)c(C)o1. The minimum atomic E-state index is 0.166. The number of morpholine rings is 1. The van der Waals surface area contributed by atoms with Gasteiger partial charge in [-0.05, 0) is 26.8 Å². The van der Waals surface area contributed by atoms with Crippen LogP contribution in [0.3, 0.4) is 0 Å². The van der Waals surface area contributed by atoms with Gasteiger partial charge in [0.15, 0.2) is 0 Å². The molecule has 1 aliphatic heterocycles. The normalized spacial score (nSPS) is 23.9. The Morgan fingerprint density at radius 2 is 2.29 bits per heavy atom. The molecule has 0 saturated carbocycles. The summed E-state index contributed by atoms with van der Waals surface area (Å²) < 4.78 is 11.2. The van der Waals surface area contributed by atoms with Crippen LogP contribution in [0.15, 0.2) is 10.5 Å². The van der Waals surface area contributed by atoms with Crippen LogP contribution in [-0.4, -0.2) is 37.2 Å². The van der Waals surface area contributed by atoms with Crippen LogP contribution in [0.25, 0.3) is 0 Å². The van der Waals surface area contributed by atoms with Gasteiger partial charge in [-0.3, -0.25) is 4.90 Å². The van der Waals surface area contributed by atoms with E-state index in [9.17, 15) is 0 Å². The number of furan rings is 1. The van der Waals surface area contributed by atoms with E-state index >= 15 is 0 Å². The zero-order valence-corrected chi connectivity index (χ0v) is 10.9. The summed E-state index contributed by atoms with van der Waals surface area (Å²) in [6, 6.07) is 2.50. The standard InChI is InChI=1S/C13H22N2O2/c1-9-6-13(11(3)17-9)10(2)15-4-5-16-12(7-14)8-15/h6,10,12H,4-5,7-8,14H2,1-3H3. The lowest BCUT2D eigenvalue weighted by molar-refractivity contribution is -0.0366. The van der Waals surface area contributed by atoms with E-state index in [0.29, 0.717) is 12.6 Å². The highest BCUT2D eigenvalue weighted by Crippen LogP contribution is 2.27. The smallest absolute Gasteiger partial charge is 0.105 e. The van der Waals surface area contributed by atoms with E-state index in [1.165, 1.54) is 5.56 Å². The summed E-state index contributed by atoms with van der Waals surface area (Å²) >= 11 is 0. The first kappa shape index (κ1) is 12.6. The second-order valence-corrected chi connectivity index (χ2v) is 4.77. The molecular formula is C13H22N2O2. The van der Waals surface area contributed by atoms with E-state index in [-0.39, 0.29) is 6.10 Å². The van der Waals surface area contributed by atoms with Crippen LogP contribution in [0.4, 0.5) is 0 Å². The van der Waals surface area contributed by atoms with Gasteiger partial charge in [-0.25, -0.2) is 0 Å². The summed E-state index contributed by atoms with van der Waals surface area (Å²) in [6.07, 6.45) is 0.166. The first-order chi connectivity index (χ1) is 8.11. The lowest BCUT2D eigenvalue weighted by atomic mass is 10.1. The molecular weight excluding hydrogens is 216 g/mol. The number of nitrogens with zero attached hydrogens (tertiary/aromatic N) is 1. The van der Waals surface area contributed by atoms with E-state index in [4.69, 9.17) is 14.9 Å². The van der Waals surface area contributed by atoms with Gasteiger partial charge in [-0.1, -0.05) is 0 Å². The molecule has 0 amide bonds. The topological polar surface area (TPSA) is 51.6 Å². The maximum Gasteiger partial charge on any atom is 0.105 e. The third-order valence-corrected chi connectivity index (χ3v) is 3.51. The second kappa shape index (κ2) is 5.21. The van der Waals surface area contributed by atoms with Gasteiger partial charge >= 0.3 is 0 Å². The second-order valence-electron chi connectivity index (χ2n) is 4.77. The molecule has 0 bridgehead atoms. The van der Waals surface area contributed by atoms with Gasteiger partial charge in [0, 0.05) is 31.2 Å². The summed E-state index contributed by atoms with van der Waals surface area (Å²) in [5.74, 6) is 2.00. The Kier molecular flexibility index (Phi) is 3.86. The number of rotatable bonds is 3. The third kappa shape index (κ3) is 2.70. The van der Waals surface area contributed by atoms with Crippen LogP contribution in [0.5, 0.6) is 0 Å². The Morgan fingerprint density at radius 3 is 2.88 bits per heavy atom. The molecule has 1 aromatic heterocycles. The Bertz CT molecular complexity index is 375. The number of aryl methyl sites for hydroxylation is 2. The van der Waals surface area contributed by atoms with Crippen molar-refractivity contribution in [3.05, 3.63) is 23.2 Å². The Hall–Kier alpha value is -0.840. The largest absolute Gasteiger partial charge is 0.466 e. The fraction of sp³-hybridized carbons (Fsp3) is 0.692. The summed E-state index contributed by atoms with van der Waals surface area (Å²) in [7, 11) is 0. The van der Waals surface area contributed by atoms with Gasteiger partial charge in [-0.15, -0.1) is 0 Å². The van der Waals surface area contributed by atoms with E-state index in [1.54, 1.807) is 0 Å². The molecule has 1 aliphatic rings. The van der Waals surface area contributed by atoms with Gasteiger partial charge in [0.05, 0.1) is 12.7 Å². The Morgan fingerprint density at radius 1 is 1.53 bits per heavy atom. The van der Waals surface area contributed by atoms with Crippen LogP contribution in [-0.2, 0) is 4.74 Å². The highest BCUT2D eigenvalue weighted by molar-refractivity contribution is 5.23. The number of hydrogen-bond acceptors (Lipinski definition) is 4. The molecule has 2 unspecified atom stereocenters. The molecule has 0 radical (unpaired) electrons. The molecule has 1 fully saturated rings. The van der Waals surface area contributed by atoms with Gasteiger partial charge in [-0.2, -0.15) is 0 Å². The van der Waals surface area contributed by atoms with Crippen molar-refractivity contribution in [3.63, 3.8) is 0 Å². The predicted octanol–water partition coefficient (Wildman–Crippen LogP) is 1.62. The van der Waals surface area contributed by atoms with Crippen LogP contribution in [0.2, 0.25) is 0 Å². The number of hydrogen-bond donors (Lipinski definition) is 1. The highest BCUT2D eigenvalue weighted by Gasteiger charge is 2.25. The monoisotopic (exact) mass is 238 g/mol. The van der Waals surface area contributed by atoms with Crippen molar-refractivity contribution in [2.75, 3.05) is 26.2 Å². The fourth-order valence-electron chi connectivity index (χ4n) is 2.50. The molecule has 2 N–H and O–H groups in total. The minimum Gasteiger partial charge on any atom is -0.466 e. The maximum absolute atomic E-state index is 5.67. The lowest BCUT2D eigenvalue weighted by Crippen LogP contribution is -2.46. The molecule has 96 valence electrons. The van der Waals surface area contributed by atoms with Crippen LogP contribution in [0.1, 0.15) is 30.0 Å². The number of nitrogens with two attached hydrogens (primary N) is 1. The van der Waals surface area contributed by atoms with Crippen molar-refractivity contribution in [2.24, 2.45) is 5.73 Å². The highest BCUT2D eigenvalue weighted by atomic mass is 16.5. The lowest BCUT2D eigenvalue weighted by Gasteiger charge is -2.36. The van der Waals surface area contributed by atoms with Gasteiger partial charge in [0.2, 0.25) is 0 Å². The molecule has 0 aromatic carbocycles. The average molecular weight is 238 g/mol. The molecule has 0 spiro atoms. The fourth-order valence-corrected chi connectivity index (χ4v) is 2.50. The molecule has 1 saturated heterocycles. The van der Waals surface area contributed by atoms with Crippen LogP contribution in [0, 0.1) is 13.8 Å². The van der Waals surface area contributed by atoms with Gasteiger partial charge in [0.1, 0.15) is 11.5 Å². The zero-order valence-electron chi connectivity index (χ0n) is 10.9. The van der Waals surface area contributed by atoms with Crippen molar-refractivity contribution in [3.8, 4) is 0 Å². The molecule has 0 aliphatic carbocycles. The summed E-state index contributed by atoms with van der Waals surface area (Å²) in [5.41, 5.74) is 6.95. The number of ether oxygens (including phenoxy) is 1. The van der Waals surface area contributed by atoms with Crippen molar-refractivity contribution in [1.29, 1.82) is 0 Å².